The Morgan fingerprint density at radius 1 is 1.50 bits per heavy atom. The van der Waals surface area contributed by atoms with Gasteiger partial charge < -0.3 is 5.73 Å². The number of nitro groups is 1. The van der Waals surface area contributed by atoms with Gasteiger partial charge in [0.15, 0.2) is 0 Å². The molecule has 0 radical (unpaired) electrons. The van der Waals surface area contributed by atoms with Crippen LogP contribution in [0.4, 0.5) is 11.4 Å². The number of hydrogen-bond donors (Lipinski definition) is 1. The highest BCUT2D eigenvalue weighted by Gasteiger charge is 2.09. The molecule has 0 bridgehead atoms. The molecule has 0 fully saturated rings. The summed E-state index contributed by atoms with van der Waals surface area (Å²) >= 11 is 1.75. The molecule has 0 heterocycles. The fourth-order valence-electron chi connectivity index (χ4n) is 1.24. The molecule has 5 heteroatoms. The van der Waals surface area contributed by atoms with Crippen molar-refractivity contribution in [1.29, 1.82) is 0 Å². The summed E-state index contributed by atoms with van der Waals surface area (Å²) in [5.74, 6) is 2.37. The lowest BCUT2D eigenvalue weighted by atomic mass is 10.2. The van der Waals surface area contributed by atoms with Gasteiger partial charge >= 0.3 is 0 Å². The highest BCUT2D eigenvalue weighted by molar-refractivity contribution is 7.98. The predicted octanol–water partition coefficient (Wildman–Crippen LogP) is 3.07. The first-order valence-electron chi connectivity index (χ1n) is 5.11. The number of nitrogen functional groups attached to an aromatic ring is 1. The first kappa shape index (κ1) is 12.8. The first-order valence-corrected chi connectivity index (χ1v) is 6.26. The van der Waals surface area contributed by atoms with Crippen LogP contribution in [0.25, 0.3) is 0 Å². The maximum absolute atomic E-state index is 10.6. The van der Waals surface area contributed by atoms with E-state index in [2.05, 4.69) is 13.8 Å². The summed E-state index contributed by atoms with van der Waals surface area (Å²) in [5.41, 5.74) is 7.35. The Bertz CT molecular complexity index is 380. The summed E-state index contributed by atoms with van der Waals surface area (Å²) in [6.45, 7) is 4.29. The van der Waals surface area contributed by atoms with E-state index in [1.165, 1.54) is 6.07 Å². The van der Waals surface area contributed by atoms with Gasteiger partial charge in [0.2, 0.25) is 0 Å². The van der Waals surface area contributed by atoms with Crippen LogP contribution in [0.5, 0.6) is 0 Å². The topological polar surface area (TPSA) is 69.2 Å². The van der Waals surface area contributed by atoms with Crippen molar-refractivity contribution in [2.45, 2.75) is 19.6 Å². The van der Waals surface area contributed by atoms with Crippen LogP contribution in [0.15, 0.2) is 18.2 Å². The Morgan fingerprint density at radius 3 is 2.75 bits per heavy atom. The van der Waals surface area contributed by atoms with Crippen LogP contribution in [0, 0.1) is 16.0 Å². The highest BCUT2D eigenvalue weighted by atomic mass is 32.2. The van der Waals surface area contributed by atoms with Crippen LogP contribution in [0.1, 0.15) is 19.4 Å². The minimum Gasteiger partial charge on any atom is -0.398 e. The monoisotopic (exact) mass is 240 g/mol. The number of rotatable bonds is 5. The van der Waals surface area contributed by atoms with Crippen LogP contribution in [-0.4, -0.2) is 10.7 Å². The van der Waals surface area contributed by atoms with Crippen molar-refractivity contribution in [2.75, 3.05) is 11.5 Å². The Hall–Kier alpha value is -1.23. The molecule has 0 unspecified atom stereocenters. The molecule has 0 saturated heterocycles. The van der Waals surface area contributed by atoms with Crippen LogP contribution in [0.2, 0.25) is 0 Å². The second-order valence-electron chi connectivity index (χ2n) is 4.05. The summed E-state index contributed by atoms with van der Waals surface area (Å²) in [6, 6.07) is 4.60. The Morgan fingerprint density at radius 2 is 2.19 bits per heavy atom. The number of non-ortho nitro benzene ring substituents is 1. The van der Waals surface area contributed by atoms with Crippen molar-refractivity contribution >= 4 is 23.1 Å². The highest BCUT2D eigenvalue weighted by Crippen LogP contribution is 2.24. The third-order valence-corrected chi connectivity index (χ3v) is 3.46. The molecule has 88 valence electrons. The quantitative estimate of drug-likeness (QED) is 0.488. The van der Waals surface area contributed by atoms with E-state index in [9.17, 15) is 10.1 Å². The zero-order valence-electron chi connectivity index (χ0n) is 9.47. The normalized spacial score (nSPS) is 10.7. The number of anilines is 1. The summed E-state index contributed by atoms with van der Waals surface area (Å²) in [7, 11) is 0. The van der Waals surface area contributed by atoms with Crippen molar-refractivity contribution in [3.8, 4) is 0 Å². The van der Waals surface area contributed by atoms with E-state index >= 15 is 0 Å². The maximum Gasteiger partial charge on any atom is 0.269 e. The number of nitrogens with two attached hydrogens (primary N) is 1. The summed E-state index contributed by atoms with van der Waals surface area (Å²) in [4.78, 5) is 10.2. The third-order valence-electron chi connectivity index (χ3n) is 2.05. The van der Waals surface area contributed by atoms with Crippen molar-refractivity contribution in [3.63, 3.8) is 0 Å². The average Bonchev–Trinajstić information content (AvgIpc) is 2.20. The van der Waals surface area contributed by atoms with E-state index in [4.69, 9.17) is 5.73 Å². The zero-order valence-corrected chi connectivity index (χ0v) is 10.3. The Balaban J connectivity index is 2.70. The maximum atomic E-state index is 10.6. The predicted molar refractivity (Wildman–Crippen MR) is 68.5 cm³/mol. The molecule has 4 nitrogen and oxygen atoms in total. The molecule has 1 aromatic carbocycles. The minimum atomic E-state index is -0.393. The van der Waals surface area contributed by atoms with Gasteiger partial charge in [0.25, 0.3) is 5.69 Å². The summed E-state index contributed by atoms with van der Waals surface area (Å²) in [5, 5.41) is 10.6. The van der Waals surface area contributed by atoms with Crippen molar-refractivity contribution in [2.24, 2.45) is 5.92 Å². The Labute approximate surface area is 99.4 Å². The van der Waals surface area contributed by atoms with Crippen LogP contribution < -0.4 is 5.73 Å². The van der Waals surface area contributed by atoms with Gasteiger partial charge in [-0.1, -0.05) is 13.8 Å². The molecule has 0 aromatic heterocycles. The molecular formula is C11H16N2O2S. The largest absolute Gasteiger partial charge is 0.398 e. The van der Waals surface area contributed by atoms with Gasteiger partial charge in [-0.05, 0) is 23.3 Å². The lowest BCUT2D eigenvalue weighted by Crippen LogP contribution is -1.97. The number of nitro benzene ring substituents is 1. The second kappa shape index (κ2) is 5.75. The van der Waals surface area contributed by atoms with E-state index in [0.29, 0.717) is 11.6 Å². The number of nitrogens with zero attached hydrogens (tertiary/aromatic N) is 1. The van der Waals surface area contributed by atoms with E-state index in [-0.39, 0.29) is 5.69 Å². The van der Waals surface area contributed by atoms with Crippen molar-refractivity contribution < 1.29 is 4.92 Å². The van der Waals surface area contributed by atoms with Crippen molar-refractivity contribution in [1.82, 2.24) is 0 Å². The molecule has 1 aromatic rings. The lowest BCUT2D eigenvalue weighted by Gasteiger charge is -2.07. The smallest absolute Gasteiger partial charge is 0.269 e. The average molecular weight is 240 g/mol. The fraction of sp³-hybridized carbons (Fsp3) is 0.455. The molecule has 0 aliphatic heterocycles. The molecule has 0 aliphatic rings. The number of benzene rings is 1. The van der Waals surface area contributed by atoms with Crippen LogP contribution in [-0.2, 0) is 5.75 Å². The lowest BCUT2D eigenvalue weighted by molar-refractivity contribution is -0.384. The fourth-order valence-corrected chi connectivity index (χ4v) is 2.29. The molecule has 0 atom stereocenters. The van der Waals surface area contributed by atoms with Gasteiger partial charge in [-0.2, -0.15) is 11.8 Å². The summed E-state index contributed by atoms with van der Waals surface area (Å²) < 4.78 is 0. The van der Waals surface area contributed by atoms with Gasteiger partial charge in [0.05, 0.1) is 4.92 Å². The zero-order chi connectivity index (χ0) is 12.1. The molecular weight excluding hydrogens is 224 g/mol. The minimum absolute atomic E-state index is 0.106. The van der Waals surface area contributed by atoms with Crippen LogP contribution in [0.3, 0.4) is 0 Å². The van der Waals surface area contributed by atoms with E-state index in [0.717, 1.165) is 17.1 Å². The number of hydrogen-bond acceptors (Lipinski definition) is 4. The Kier molecular flexibility index (Phi) is 4.61. The molecule has 16 heavy (non-hydrogen) atoms. The van der Waals surface area contributed by atoms with Gasteiger partial charge in [-0.3, -0.25) is 10.1 Å². The molecule has 2 N–H and O–H groups in total. The summed E-state index contributed by atoms with van der Waals surface area (Å²) in [6.07, 6.45) is 0. The van der Waals surface area contributed by atoms with Gasteiger partial charge in [-0.15, -0.1) is 0 Å². The SMILES string of the molecule is CC(C)CSCc1cc([N+](=O)[O-])ccc1N. The number of thioether (sulfide) groups is 1. The van der Waals surface area contributed by atoms with E-state index in [1.807, 2.05) is 0 Å². The molecule has 1 rings (SSSR count). The van der Waals surface area contributed by atoms with E-state index < -0.39 is 4.92 Å². The third kappa shape index (κ3) is 3.73. The standard InChI is InChI=1S/C11H16N2O2S/c1-8(2)6-16-7-9-5-10(13(14)15)3-4-11(9)12/h3-5,8H,6-7,12H2,1-2H3. The second-order valence-corrected chi connectivity index (χ2v) is 5.08. The molecule has 0 saturated carbocycles. The van der Waals surface area contributed by atoms with Crippen LogP contribution >= 0.6 is 11.8 Å². The first-order chi connectivity index (χ1) is 7.50. The molecule has 0 spiro atoms. The van der Waals surface area contributed by atoms with Gasteiger partial charge in [0.1, 0.15) is 0 Å². The van der Waals surface area contributed by atoms with Gasteiger partial charge in [0, 0.05) is 23.6 Å². The van der Waals surface area contributed by atoms with Crippen molar-refractivity contribution in [3.05, 3.63) is 33.9 Å². The van der Waals surface area contributed by atoms with Gasteiger partial charge in [-0.25, -0.2) is 0 Å². The van der Waals surface area contributed by atoms with E-state index in [1.54, 1.807) is 23.9 Å². The molecule has 0 aliphatic carbocycles. The molecule has 0 amide bonds.